The summed E-state index contributed by atoms with van der Waals surface area (Å²) in [5.41, 5.74) is 3.29. The zero-order valence-corrected chi connectivity index (χ0v) is 15.5. The zero-order chi connectivity index (χ0) is 19.7. The first-order valence-electron chi connectivity index (χ1n) is 8.74. The number of hydrogen-bond acceptors (Lipinski definition) is 4. The Hall–Kier alpha value is -3.22. The maximum absolute atomic E-state index is 12.9. The van der Waals surface area contributed by atoms with Gasteiger partial charge < -0.3 is 9.80 Å². The molecular weight excluding hydrogens is 346 g/mol. The SMILES string of the molecule is Cc1cccc(N2CCN(C(=O)c3ccc([N+](=O)[O-])cc3)[C@H](C)C2=O)c1C. The van der Waals surface area contributed by atoms with Crippen LogP contribution in [0.1, 0.15) is 28.4 Å². The lowest BCUT2D eigenvalue weighted by Crippen LogP contribution is -2.58. The van der Waals surface area contributed by atoms with Gasteiger partial charge in [-0.05, 0) is 50.1 Å². The van der Waals surface area contributed by atoms with Crippen LogP contribution in [0.15, 0.2) is 42.5 Å². The van der Waals surface area contributed by atoms with Crippen LogP contribution in [-0.2, 0) is 4.79 Å². The molecule has 0 aromatic heterocycles. The summed E-state index contributed by atoms with van der Waals surface area (Å²) in [5, 5.41) is 10.8. The summed E-state index contributed by atoms with van der Waals surface area (Å²) in [6, 6.07) is 10.7. The van der Waals surface area contributed by atoms with Gasteiger partial charge in [0.2, 0.25) is 5.91 Å². The lowest BCUT2D eigenvalue weighted by Gasteiger charge is -2.39. The lowest BCUT2D eigenvalue weighted by molar-refractivity contribution is -0.384. The number of carbonyl (C=O) groups is 2. The van der Waals surface area contributed by atoms with Gasteiger partial charge in [-0.25, -0.2) is 0 Å². The summed E-state index contributed by atoms with van der Waals surface area (Å²) in [7, 11) is 0. The Bertz CT molecular complexity index is 908. The van der Waals surface area contributed by atoms with E-state index in [9.17, 15) is 19.7 Å². The van der Waals surface area contributed by atoms with Crippen LogP contribution < -0.4 is 4.90 Å². The van der Waals surface area contributed by atoms with Gasteiger partial charge in [-0.15, -0.1) is 0 Å². The summed E-state index contributed by atoms with van der Waals surface area (Å²) < 4.78 is 0. The number of benzene rings is 2. The molecule has 1 saturated heterocycles. The number of nitro benzene ring substituents is 1. The van der Waals surface area contributed by atoms with Crippen molar-refractivity contribution in [2.24, 2.45) is 0 Å². The Morgan fingerprint density at radius 1 is 1.11 bits per heavy atom. The number of rotatable bonds is 3. The molecule has 7 nitrogen and oxygen atoms in total. The third kappa shape index (κ3) is 3.40. The molecule has 1 aliphatic rings. The number of nitro groups is 1. The number of nitrogens with zero attached hydrogens (tertiary/aromatic N) is 3. The molecule has 2 amide bonds. The number of carbonyl (C=O) groups excluding carboxylic acids is 2. The Morgan fingerprint density at radius 2 is 1.78 bits per heavy atom. The van der Waals surface area contributed by atoms with Crippen molar-refractivity contribution in [1.82, 2.24) is 4.90 Å². The van der Waals surface area contributed by atoms with Crippen LogP contribution in [0.4, 0.5) is 11.4 Å². The summed E-state index contributed by atoms with van der Waals surface area (Å²) in [6.45, 7) is 6.50. The highest BCUT2D eigenvalue weighted by Crippen LogP contribution is 2.27. The fourth-order valence-electron chi connectivity index (χ4n) is 3.31. The molecule has 1 atom stereocenters. The van der Waals surface area contributed by atoms with E-state index in [4.69, 9.17) is 0 Å². The quantitative estimate of drug-likeness (QED) is 0.616. The van der Waals surface area contributed by atoms with E-state index >= 15 is 0 Å². The lowest BCUT2D eigenvalue weighted by atomic mass is 10.0. The molecule has 27 heavy (non-hydrogen) atoms. The van der Waals surface area contributed by atoms with Gasteiger partial charge in [0.05, 0.1) is 4.92 Å². The van der Waals surface area contributed by atoms with E-state index in [2.05, 4.69) is 0 Å². The second kappa shape index (κ2) is 7.19. The molecule has 1 heterocycles. The number of amides is 2. The molecule has 0 bridgehead atoms. The highest BCUT2D eigenvalue weighted by molar-refractivity contribution is 6.03. The van der Waals surface area contributed by atoms with Gasteiger partial charge in [0.15, 0.2) is 0 Å². The van der Waals surface area contributed by atoms with Crippen molar-refractivity contribution < 1.29 is 14.5 Å². The summed E-state index contributed by atoms with van der Waals surface area (Å²) in [4.78, 5) is 39.2. The van der Waals surface area contributed by atoms with Crippen molar-refractivity contribution in [2.75, 3.05) is 18.0 Å². The Balaban J connectivity index is 1.81. The highest BCUT2D eigenvalue weighted by atomic mass is 16.6. The molecule has 0 unspecified atom stereocenters. The van der Waals surface area contributed by atoms with E-state index in [0.717, 1.165) is 16.8 Å². The molecular formula is C20H21N3O4. The van der Waals surface area contributed by atoms with Gasteiger partial charge in [0.1, 0.15) is 6.04 Å². The standard InChI is InChI=1S/C20H21N3O4/c1-13-5-4-6-18(14(13)2)22-12-11-21(15(3)19(22)24)20(25)16-7-9-17(10-8-16)23(26)27/h4-10,15H,11-12H2,1-3H3/t15-/m1/s1. The van der Waals surface area contributed by atoms with Crippen molar-refractivity contribution in [2.45, 2.75) is 26.8 Å². The third-order valence-electron chi connectivity index (χ3n) is 5.11. The number of anilines is 1. The van der Waals surface area contributed by atoms with Crippen LogP contribution in [-0.4, -0.2) is 40.8 Å². The van der Waals surface area contributed by atoms with Crippen molar-refractivity contribution in [3.63, 3.8) is 0 Å². The molecule has 2 aromatic carbocycles. The normalized spacial score (nSPS) is 17.1. The Kier molecular flexibility index (Phi) is 4.94. The smallest absolute Gasteiger partial charge is 0.269 e. The fourth-order valence-corrected chi connectivity index (χ4v) is 3.31. The molecule has 7 heteroatoms. The minimum absolute atomic E-state index is 0.0737. The second-order valence-electron chi connectivity index (χ2n) is 6.69. The first-order chi connectivity index (χ1) is 12.8. The molecule has 1 fully saturated rings. The average molecular weight is 367 g/mol. The minimum atomic E-state index is -0.610. The molecule has 0 aliphatic carbocycles. The highest BCUT2D eigenvalue weighted by Gasteiger charge is 2.36. The molecule has 0 saturated carbocycles. The second-order valence-corrected chi connectivity index (χ2v) is 6.69. The number of piperazine rings is 1. The van der Waals surface area contributed by atoms with E-state index in [1.54, 1.807) is 11.8 Å². The molecule has 0 spiro atoms. The van der Waals surface area contributed by atoms with Crippen molar-refractivity contribution in [3.05, 3.63) is 69.3 Å². The van der Waals surface area contributed by atoms with Crippen LogP contribution in [0, 0.1) is 24.0 Å². The number of non-ortho nitro benzene ring substituents is 1. The molecule has 140 valence electrons. The number of hydrogen-bond donors (Lipinski definition) is 0. The minimum Gasteiger partial charge on any atom is -0.325 e. The van der Waals surface area contributed by atoms with E-state index in [0.29, 0.717) is 18.7 Å². The molecule has 2 aromatic rings. The van der Waals surface area contributed by atoms with Crippen LogP contribution in [0.25, 0.3) is 0 Å². The van der Waals surface area contributed by atoms with Crippen molar-refractivity contribution >= 4 is 23.2 Å². The maximum Gasteiger partial charge on any atom is 0.269 e. The topological polar surface area (TPSA) is 83.8 Å². The number of aryl methyl sites for hydroxylation is 1. The summed E-state index contributed by atoms with van der Waals surface area (Å²) in [6.07, 6.45) is 0. The van der Waals surface area contributed by atoms with Crippen LogP contribution in [0.5, 0.6) is 0 Å². The van der Waals surface area contributed by atoms with Crippen molar-refractivity contribution in [1.29, 1.82) is 0 Å². The molecule has 0 radical (unpaired) electrons. The zero-order valence-electron chi connectivity index (χ0n) is 15.5. The van der Waals surface area contributed by atoms with Gasteiger partial charge >= 0.3 is 0 Å². The van der Waals surface area contributed by atoms with E-state index < -0.39 is 11.0 Å². The molecule has 0 N–H and O–H groups in total. The molecule has 3 rings (SSSR count). The summed E-state index contributed by atoms with van der Waals surface area (Å²) in [5.74, 6) is -0.434. The Morgan fingerprint density at radius 3 is 2.41 bits per heavy atom. The summed E-state index contributed by atoms with van der Waals surface area (Å²) >= 11 is 0. The predicted octanol–water partition coefficient (Wildman–Crippen LogP) is 3.09. The maximum atomic E-state index is 12.9. The third-order valence-corrected chi connectivity index (χ3v) is 5.11. The van der Waals surface area contributed by atoms with Gasteiger partial charge in [-0.1, -0.05) is 12.1 Å². The van der Waals surface area contributed by atoms with E-state index in [1.165, 1.54) is 29.2 Å². The van der Waals surface area contributed by atoms with Gasteiger partial charge in [-0.2, -0.15) is 0 Å². The van der Waals surface area contributed by atoms with Gasteiger partial charge in [0, 0.05) is 36.5 Å². The molecule has 1 aliphatic heterocycles. The van der Waals surface area contributed by atoms with Crippen LogP contribution in [0.2, 0.25) is 0 Å². The van der Waals surface area contributed by atoms with Crippen LogP contribution in [0.3, 0.4) is 0 Å². The van der Waals surface area contributed by atoms with Gasteiger partial charge in [-0.3, -0.25) is 19.7 Å². The average Bonchev–Trinajstić information content (AvgIpc) is 2.66. The fraction of sp³-hybridized carbons (Fsp3) is 0.300. The first kappa shape index (κ1) is 18.6. The van der Waals surface area contributed by atoms with E-state index in [-0.39, 0.29) is 17.5 Å². The van der Waals surface area contributed by atoms with Crippen LogP contribution >= 0.6 is 0 Å². The Labute approximate surface area is 157 Å². The predicted molar refractivity (Wildman–Crippen MR) is 102 cm³/mol. The van der Waals surface area contributed by atoms with E-state index in [1.807, 2.05) is 32.0 Å². The largest absolute Gasteiger partial charge is 0.325 e. The first-order valence-corrected chi connectivity index (χ1v) is 8.74. The van der Waals surface area contributed by atoms with Crippen molar-refractivity contribution in [3.8, 4) is 0 Å². The van der Waals surface area contributed by atoms with Gasteiger partial charge in [0.25, 0.3) is 11.6 Å². The monoisotopic (exact) mass is 367 g/mol.